The van der Waals surface area contributed by atoms with E-state index < -0.39 is 0 Å². The van der Waals surface area contributed by atoms with Crippen molar-refractivity contribution in [2.75, 3.05) is 0 Å². The van der Waals surface area contributed by atoms with E-state index in [1.165, 1.54) is 11.1 Å². The molecule has 0 atom stereocenters. The van der Waals surface area contributed by atoms with Gasteiger partial charge in [-0.3, -0.25) is 10.2 Å². The molecule has 0 bridgehead atoms. The molecule has 210 valence electrons. The van der Waals surface area contributed by atoms with Crippen molar-refractivity contribution in [1.29, 1.82) is 5.41 Å². The maximum Gasteiger partial charge on any atom is 0.256 e. The summed E-state index contributed by atoms with van der Waals surface area (Å²) in [5.41, 5.74) is 5.63. The molecule has 0 saturated carbocycles. The average molecular weight is 555 g/mol. The molecular formula is C37H34N2O3. The van der Waals surface area contributed by atoms with E-state index in [-0.39, 0.29) is 17.2 Å². The van der Waals surface area contributed by atoms with E-state index in [2.05, 4.69) is 61.6 Å². The topological polar surface area (TPSA) is 71.4 Å². The zero-order chi connectivity index (χ0) is 29.4. The van der Waals surface area contributed by atoms with Crippen LogP contribution in [0.25, 0.3) is 0 Å². The minimum atomic E-state index is -0.311. The lowest BCUT2D eigenvalue weighted by atomic mass is 9.78. The zero-order valence-electron chi connectivity index (χ0n) is 23.8. The maximum absolute atomic E-state index is 12.3. The van der Waals surface area contributed by atoms with Crippen LogP contribution in [0.5, 0.6) is 11.5 Å². The molecular weight excluding hydrogens is 520 g/mol. The van der Waals surface area contributed by atoms with Gasteiger partial charge in [-0.1, -0.05) is 92.7 Å². The Morgan fingerprint density at radius 2 is 1.12 bits per heavy atom. The number of hydrogen-bond acceptors (Lipinski definition) is 4. The van der Waals surface area contributed by atoms with Gasteiger partial charge in [-0.2, -0.15) is 0 Å². The third-order valence-electron chi connectivity index (χ3n) is 7.29. The number of ether oxygens (including phenoxy) is 2. The summed E-state index contributed by atoms with van der Waals surface area (Å²) in [4.78, 5) is 12.3. The first-order chi connectivity index (χ1) is 20.4. The first-order valence-electron chi connectivity index (χ1n) is 13.9. The van der Waals surface area contributed by atoms with Gasteiger partial charge in [-0.15, -0.1) is 0 Å². The van der Waals surface area contributed by atoms with Crippen LogP contribution >= 0.6 is 0 Å². The Kier molecular flexibility index (Phi) is 8.78. The van der Waals surface area contributed by atoms with Crippen molar-refractivity contribution in [3.63, 3.8) is 0 Å². The fourth-order valence-corrected chi connectivity index (χ4v) is 4.70. The number of hydrogen-bond donors (Lipinski definition) is 2. The Balaban J connectivity index is 1.12. The van der Waals surface area contributed by atoms with Crippen molar-refractivity contribution < 1.29 is 14.3 Å². The summed E-state index contributed by atoms with van der Waals surface area (Å²) in [5, 5.41) is 10.9. The lowest BCUT2D eigenvalue weighted by Crippen LogP contribution is -2.30. The molecule has 5 rings (SSSR count). The number of nitrogens with one attached hydrogen (secondary N) is 2. The van der Waals surface area contributed by atoms with Crippen LogP contribution in [0.15, 0.2) is 133 Å². The molecule has 5 heteroatoms. The van der Waals surface area contributed by atoms with E-state index >= 15 is 0 Å². The molecule has 2 N–H and O–H groups in total. The van der Waals surface area contributed by atoms with Crippen LogP contribution in [-0.4, -0.2) is 11.7 Å². The second kappa shape index (κ2) is 13.0. The summed E-state index contributed by atoms with van der Waals surface area (Å²) in [5.74, 6) is 1.24. The van der Waals surface area contributed by atoms with Gasteiger partial charge in [-0.05, 0) is 76.9 Å². The minimum Gasteiger partial charge on any atom is -0.489 e. The number of amides is 1. The SMILES string of the molecule is CC(C)(c1ccccc1)c1ccc(OCc2cccc(COc3ccc(C(=N)NC(=O)c4ccccc4)cc3)c2)cc1. The van der Waals surface area contributed by atoms with Crippen LogP contribution in [0.4, 0.5) is 0 Å². The highest BCUT2D eigenvalue weighted by molar-refractivity contribution is 6.11. The predicted molar refractivity (Wildman–Crippen MR) is 167 cm³/mol. The van der Waals surface area contributed by atoms with E-state index in [0.717, 1.165) is 16.9 Å². The Labute approximate surface area is 247 Å². The van der Waals surface area contributed by atoms with Gasteiger partial charge < -0.3 is 14.8 Å². The molecule has 0 aliphatic carbocycles. The van der Waals surface area contributed by atoms with Crippen LogP contribution in [0.2, 0.25) is 0 Å². The highest BCUT2D eigenvalue weighted by Gasteiger charge is 2.22. The number of benzene rings is 5. The molecule has 5 nitrogen and oxygen atoms in total. The summed E-state index contributed by atoms with van der Waals surface area (Å²) in [7, 11) is 0. The maximum atomic E-state index is 12.3. The van der Waals surface area contributed by atoms with Crippen molar-refractivity contribution in [3.8, 4) is 11.5 Å². The number of carbonyl (C=O) groups excluding carboxylic acids is 1. The number of amidine groups is 1. The second-order valence-electron chi connectivity index (χ2n) is 10.6. The monoisotopic (exact) mass is 554 g/mol. The molecule has 1 amide bonds. The van der Waals surface area contributed by atoms with E-state index in [1.807, 2.05) is 42.5 Å². The van der Waals surface area contributed by atoms with Crippen molar-refractivity contribution in [2.45, 2.75) is 32.5 Å². The van der Waals surface area contributed by atoms with Gasteiger partial charge in [0, 0.05) is 16.5 Å². The summed E-state index contributed by atoms with van der Waals surface area (Å²) >= 11 is 0. The largest absolute Gasteiger partial charge is 0.489 e. The first kappa shape index (κ1) is 28.4. The fraction of sp³-hybridized carbons (Fsp3) is 0.135. The van der Waals surface area contributed by atoms with E-state index in [0.29, 0.717) is 30.1 Å². The summed E-state index contributed by atoms with van der Waals surface area (Å²) < 4.78 is 12.1. The van der Waals surface area contributed by atoms with Gasteiger partial charge >= 0.3 is 0 Å². The van der Waals surface area contributed by atoms with Crippen LogP contribution in [-0.2, 0) is 18.6 Å². The first-order valence-corrected chi connectivity index (χ1v) is 13.9. The van der Waals surface area contributed by atoms with Gasteiger partial charge in [-0.25, -0.2) is 0 Å². The van der Waals surface area contributed by atoms with Crippen molar-refractivity contribution >= 4 is 11.7 Å². The minimum absolute atomic E-state index is 0.0395. The molecule has 0 saturated heterocycles. The Bertz CT molecular complexity index is 1630. The zero-order valence-corrected chi connectivity index (χ0v) is 23.8. The summed E-state index contributed by atoms with van der Waals surface area (Å²) in [6, 6.07) is 43.0. The molecule has 0 radical (unpaired) electrons. The molecule has 5 aromatic carbocycles. The predicted octanol–water partition coefficient (Wildman–Crippen LogP) is 7.93. The highest BCUT2D eigenvalue weighted by Crippen LogP contribution is 2.32. The Morgan fingerprint density at radius 3 is 1.69 bits per heavy atom. The molecule has 0 aliphatic rings. The van der Waals surface area contributed by atoms with E-state index in [4.69, 9.17) is 14.9 Å². The molecule has 0 fully saturated rings. The van der Waals surface area contributed by atoms with Gasteiger partial charge in [0.2, 0.25) is 0 Å². The quantitative estimate of drug-likeness (QED) is 0.136. The lowest BCUT2D eigenvalue weighted by Gasteiger charge is -2.26. The average Bonchev–Trinajstić information content (AvgIpc) is 3.04. The Hall–Kier alpha value is -5.16. The molecule has 0 unspecified atom stereocenters. The summed E-state index contributed by atoms with van der Waals surface area (Å²) in [6.45, 7) is 5.33. The van der Waals surface area contributed by atoms with Gasteiger partial charge in [0.1, 0.15) is 30.5 Å². The van der Waals surface area contributed by atoms with Crippen LogP contribution in [0.1, 0.15) is 52.0 Å². The van der Waals surface area contributed by atoms with Crippen molar-refractivity contribution in [1.82, 2.24) is 5.32 Å². The molecule has 0 aromatic heterocycles. The van der Waals surface area contributed by atoms with Crippen molar-refractivity contribution in [3.05, 3.63) is 167 Å². The second-order valence-corrected chi connectivity index (χ2v) is 10.6. The molecule has 5 aromatic rings. The van der Waals surface area contributed by atoms with Gasteiger partial charge in [0.15, 0.2) is 0 Å². The lowest BCUT2D eigenvalue weighted by molar-refractivity contribution is 0.0977. The van der Waals surface area contributed by atoms with Crippen molar-refractivity contribution in [2.24, 2.45) is 0 Å². The molecule has 0 heterocycles. The Morgan fingerprint density at radius 1 is 0.619 bits per heavy atom. The summed E-state index contributed by atoms with van der Waals surface area (Å²) in [6.07, 6.45) is 0. The third kappa shape index (κ3) is 7.12. The highest BCUT2D eigenvalue weighted by atomic mass is 16.5. The molecule has 0 aliphatic heterocycles. The molecule has 0 spiro atoms. The molecule has 42 heavy (non-hydrogen) atoms. The van der Waals surface area contributed by atoms with Crippen LogP contribution in [0, 0.1) is 5.41 Å². The standard InChI is InChI=1S/C37H34N2O3/c1-37(2,31-14-7-4-8-15-31)32-18-22-34(23-19-32)42-26-28-11-9-10-27(24-28)25-41-33-20-16-29(17-21-33)35(38)39-36(40)30-12-5-3-6-13-30/h3-24H,25-26H2,1-2H3,(H2,38,39,40). The third-order valence-corrected chi connectivity index (χ3v) is 7.29. The number of carbonyl (C=O) groups is 1. The van der Waals surface area contributed by atoms with E-state index in [9.17, 15) is 4.79 Å². The van der Waals surface area contributed by atoms with Crippen LogP contribution < -0.4 is 14.8 Å². The van der Waals surface area contributed by atoms with E-state index in [1.54, 1.807) is 48.5 Å². The fourth-order valence-electron chi connectivity index (χ4n) is 4.70. The number of rotatable bonds is 10. The van der Waals surface area contributed by atoms with Gasteiger partial charge in [0.25, 0.3) is 5.91 Å². The smallest absolute Gasteiger partial charge is 0.256 e. The van der Waals surface area contributed by atoms with Gasteiger partial charge in [0.05, 0.1) is 0 Å². The van der Waals surface area contributed by atoms with Crippen LogP contribution in [0.3, 0.4) is 0 Å². The normalized spacial score (nSPS) is 11.0.